The van der Waals surface area contributed by atoms with Crippen LogP contribution < -0.4 is 10.2 Å². The molecule has 9 nitrogen and oxygen atoms in total. The lowest BCUT2D eigenvalue weighted by molar-refractivity contribution is -0.139. The Morgan fingerprint density at radius 3 is 2.39 bits per heavy atom. The van der Waals surface area contributed by atoms with E-state index in [-0.39, 0.29) is 44.4 Å². The molecule has 2 atom stereocenters. The number of aromatic amines is 1. The fourth-order valence-electron chi connectivity index (χ4n) is 6.46. The summed E-state index contributed by atoms with van der Waals surface area (Å²) in [5, 5.41) is 25.8. The molecule has 4 aromatic carbocycles. The van der Waals surface area contributed by atoms with Gasteiger partial charge in [-0.15, -0.1) is 0 Å². The highest BCUT2D eigenvalue weighted by Gasteiger charge is 2.52. The molecule has 0 saturated carbocycles. The van der Waals surface area contributed by atoms with Crippen LogP contribution >= 0.6 is 0 Å². The van der Waals surface area contributed by atoms with Crippen molar-refractivity contribution in [1.82, 2.24) is 9.88 Å². The second-order valence-corrected chi connectivity index (χ2v) is 12.4. The van der Waals surface area contributed by atoms with Crippen LogP contribution in [0.25, 0.3) is 10.9 Å². The zero-order chi connectivity index (χ0) is 34.4. The molecule has 0 bridgehead atoms. The van der Waals surface area contributed by atoms with Crippen LogP contribution in [0.1, 0.15) is 35.6 Å². The number of amides is 3. The maximum absolute atomic E-state index is 14.1. The largest absolute Gasteiger partial charge is 0.395 e. The molecule has 250 valence electrons. The van der Waals surface area contributed by atoms with Crippen molar-refractivity contribution in [2.75, 3.05) is 23.4 Å². The van der Waals surface area contributed by atoms with Gasteiger partial charge in [0.25, 0.3) is 5.91 Å². The molecule has 1 aliphatic heterocycles. The third kappa shape index (κ3) is 7.18. The van der Waals surface area contributed by atoms with Gasteiger partial charge in [0.2, 0.25) is 11.8 Å². The number of nitrogens with one attached hydrogen (secondary N) is 2. The number of fused-ring (bicyclic) bond motifs is 2. The maximum atomic E-state index is 14.1. The zero-order valence-electron chi connectivity index (χ0n) is 27.4. The molecule has 0 spiro atoms. The summed E-state index contributed by atoms with van der Waals surface area (Å²) >= 11 is 0. The van der Waals surface area contributed by atoms with Crippen molar-refractivity contribution in [3.05, 3.63) is 144 Å². The molecule has 1 aromatic heterocycles. The number of rotatable bonds is 13. The van der Waals surface area contributed by atoms with E-state index in [2.05, 4.69) is 10.3 Å². The summed E-state index contributed by atoms with van der Waals surface area (Å²) in [5.74, 6) is -1.61. The molecular weight excluding hydrogens is 616 g/mol. The van der Waals surface area contributed by atoms with Crippen LogP contribution in [0.5, 0.6) is 0 Å². The predicted molar refractivity (Wildman–Crippen MR) is 190 cm³/mol. The fraction of sp³-hybridized carbons (Fsp3) is 0.225. The highest BCUT2D eigenvalue weighted by atomic mass is 16.3. The van der Waals surface area contributed by atoms with Crippen molar-refractivity contribution in [3.8, 4) is 0 Å². The van der Waals surface area contributed by atoms with Gasteiger partial charge in [-0.25, -0.2) is 0 Å². The Morgan fingerprint density at radius 1 is 0.959 bits per heavy atom. The molecule has 0 saturated heterocycles. The van der Waals surface area contributed by atoms with Gasteiger partial charge in [-0.3, -0.25) is 14.4 Å². The number of carbonyl (C=O) groups is 3. The van der Waals surface area contributed by atoms with E-state index in [4.69, 9.17) is 0 Å². The first-order chi connectivity index (χ1) is 23.8. The van der Waals surface area contributed by atoms with Crippen LogP contribution in [0.2, 0.25) is 0 Å². The molecule has 4 N–H and O–H groups in total. The van der Waals surface area contributed by atoms with Gasteiger partial charge >= 0.3 is 0 Å². The predicted octanol–water partition coefficient (Wildman–Crippen LogP) is 5.69. The molecule has 9 heteroatoms. The van der Waals surface area contributed by atoms with E-state index >= 15 is 0 Å². The van der Waals surface area contributed by atoms with Gasteiger partial charge in [0.1, 0.15) is 0 Å². The lowest BCUT2D eigenvalue weighted by atomic mass is 9.82. The molecule has 0 unspecified atom stereocenters. The van der Waals surface area contributed by atoms with E-state index in [1.165, 1.54) is 0 Å². The molecular formula is C40H40N4O5. The minimum absolute atomic E-state index is 0.0337. The average Bonchev–Trinajstić information content (AvgIpc) is 3.61. The first-order valence-corrected chi connectivity index (χ1v) is 16.4. The van der Waals surface area contributed by atoms with Gasteiger partial charge in [-0.05, 0) is 41.0 Å². The molecule has 0 fully saturated rings. The zero-order valence-corrected chi connectivity index (χ0v) is 27.4. The molecule has 0 aliphatic carbocycles. The van der Waals surface area contributed by atoms with E-state index in [9.17, 15) is 24.6 Å². The van der Waals surface area contributed by atoms with Gasteiger partial charge in [-0.1, -0.05) is 97.9 Å². The number of H-pyrrole nitrogens is 1. The van der Waals surface area contributed by atoms with Crippen molar-refractivity contribution >= 4 is 40.0 Å². The van der Waals surface area contributed by atoms with Crippen LogP contribution in [0.3, 0.4) is 0 Å². The number of aliphatic hydroxyl groups is 2. The second-order valence-electron chi connectivity index (χ2n) is 12.4. The number of para-hydroxylation sites is 1. The Kier molecular flexibility index (Phi) is 10.0. The molecule has 49 heavy (non-hydrogen) atoms. The minimum Gasteiger partial charge on any atom is -0.395 e. The Bertz CT molecular complexity index is 1970. The second kappa shape index (κ2) is 14.7. The number of nitrogens with zero attached hydrogens (tertiary/aromatic N) is 2. The van der Waals surface area contributed by atoms with Crippen LogP contribution in [-0.2, 0) is 39.5 Å². The Morgan fingerprint density at radius 2 is 1.65 bits per heavy atom. The van der Waals surface area contributed by atoms with Crippen LogP contribution in [0.15, 0.2) is 121 Å². The number of benzene rings is 4. The third-order valence-electron chi connectivity index (χ3n) is 9.08. The molecule has 6 rings (SSSR count). The Balaban J connectivity index is 1.23. The summed E-state index contributed by atoms with van der Waals surface area (Å²) in [6, 6.07) is 32.1. The standard InChI is InChI=1S/C40H40N4O5/c1-28(11-10-18-38(47)43(21-22-45)26-29-12-4-2-5-13-29)40(49)34-24-32(42-37(46)23-31-25-41-35-17-9-8-16-33(31)35)19-20-36(34)44(39(40)48)27-30-14-6-3-7-15-30/h2-17,19-20,24-25,28,41,45,49H,18,21-23,26-27H2,1H3,(H,42,46)/b11-10+/t28-,40+/m0/s1. The number of aliphatic hydroxyl groups excluding tert-OH is 1. The van der Waals surface area contributed by atoms with Gasteiger partial charge < -0.3 is 30.3 Å². The molecule has 2 heterocycles. The topological polar surface area (TPSA) is 126 Å². The SMILES string of the molecule is C[C@@H](/C=C/CC(=O)N(CCO)Cc1ccccc1)[C@]1(O)C(=O)N(Cc2ccccc2)c2ccc(NC(=O)Cc3c[nH]c4ccccc34)cc21. The molecule has 3 amide bonds. The van der Waals surface area contributed by atoms with Gasteiger partial charge in [0, 0.05) is 53.8 Å². The number of hydrogen-bond donors (Lipinski definition) is 4. The smallest absolute Gasteiger partial charge is 0.264 e. The van der Waals surface area contributed by atoms with Crippen molar-refractivity contribution in [1.29, 1.82) is 0 Å². The van der Waals surface area contributed by atoms with Crippen LogP contribution in [0.4, 0.5) is 11.4 Å². The summed E-state index contributed by atoms with van der Waals surface area (Å²) in [4.78, 5) is 46.8. The summed E-state index contributed by atoms with van der Waals surface area (Å²) in [6.45, 7) is 2.39. The summed E-state index contributed by atoms with van der Waals surface area (Å²) in [7, 11) is 0. The first-order valence-electron chi connectivity index (χ1n) is 16.4. The average molecular weight is 657 g/mol. The van der Waals surface area contributed by atoms with Crippen LogP contribution in [-0.4, -0.2) is 51.0 Å². The molecule has 5 aromatic rings. The van der Waals surface area contributed by atoms with E-state index in [0.29, 0.717) is 23.5 Å². The number of hydrogen-bond acceptors (Lipinski definition) is 5. The minimum atomic E-state index is -1.95. The normalized spacial score (nSPS) is 16.2. The first kappa shape index (κ1) is 33.4. The number of anilines is 2. The van der Waals surface area contributed by atoms with E-state index < -0.39 is 17.4 Å². The highest BCUT2D eigenvalue weighted by Crippen LogP contribution is 2.47. The fourth-order valence-corrected chi connectivity index (χ4v) is 6.46. The highest BCUT2D eigenvalue weighted by molar-refractivity contribution is 6.08. The Hall–Kier alpha value is -5.51. The van der Waals surface area contributed by atoms with Crippen molar-refractivity contribution in [2.45, 2.75) is 38.5 Å². The van der Waals surface area contributed by atoms with E-state index in [1.807, 2.05) is 91.1 Å². The van der Waals surface area contributed by atoms with Gasteiger partial charge in [0.15, 0.2) is 5.60 Å². The van der Waals surface area contributed by atoms with Crippen molar-refractivity contribution in [3.63, 3.8) is 0 Å². The lowest BCUT2D eigenvalue weighted by Crippen LogP contribution is -2.44. The maximum Gasteiger partial charge on any atom is 0.264 e. The summed E-state index contributed by atoms with van der Waals surface area (Å²) in [5.41, 5.74) is 3.12. The van der Waals surface area contributed by atoms with E-state index in [0.717, 1.165) is 27.6 Å². The van der Waals surface area contributed by atoms with E-state index in [1.54, 1.807) is 47.1 Å². The molecule has 1 aliphatic rings. The van der Waals surface area contributed by atoms with Crippen molar-refractivity contribution < 1.29 is 24.6 Å². The van der Waals surface area contributed by atoms with Gasteiger partial charge in [0.05, 0.1) is 25.3 Å². The summed E-state index contributed by atoms with van der Waals surface area (Å²) in [6.07, 6.45) is 5.36. The monoisotopic (exact) mass is 656 g/mol. The van der Waals surface area contributed by atoms with Crippen molar-refractivity contribution in [2.24, 2.45) is 5.92 Å². The van der Waals surface area contributed by atoms with Crippen LogP contribution in [0, 0.1) is 5.92 Å². The third-order valence-corrected chi connectivity index (χ3v) is 9.08. The molecule has 0 radical (unpaired) electrons. The summed E-state index contributed by atoms with van der Waals surface area (Å²) < 4.78 is 0. The number of carbonyl (C=O) groups excluding carboxylic acids is 3. The Labute approximate surface area is 285 Å². The quantitative estimate of drug-likeness (QED) is 0.121. The lowest BCUT2D eigenvalue weighted by Gasteiger charge is -2.28. The number of aromatic nitrogens is 1. The van der Waals surface area contributed by atoms with Gasteiger partial charge in [-0.2, -0.15) is 0 Å².